The summed E-state index contributed by atoms with van der Waals surface area (Å²) < 4.78 is 10.7. The van der Waals surface area contributed by atoms with Crippen molar-refractivity contribution >= 4 is 11.6 Å². The largest absolute Gasteiger partial charge is 0.497 e. The van der Waals surface area contributed by atoms with E-state index < -0.39 is 6.10 Å². The summed E-state index contributed by atoms with van der Waals surface area (Å²) in [4.78, 5) is 11.9. The molecule has 1 aromatic rings. The van der Waals surface area contributed by atoms with Gasteiger partial charge in [0.05, 0.1) is 12.8 Å². The second kappa shape index (κ2) is 5.82. The Morgan fingerprint density at radius 1 is 1.37 bits per heavy atom. The fraction of sp³-hybridized carbons (Fsp3) is 0.500. The highest BCUT2D eigenvalue weighted by Gasteiger charge is 2.21. The maximum atomic E-state index is 11.9. The van der Waals surface area contributed by atoms with Crippen molar-refractivity contribution in [3.63, 3.8) is 0 Å². The number of hydrogen-bond donors (Lipinski definition) is 2. The van der Waals surface area contributed by atoms with Gasteiger partial charge in [0.2, 0.25) is 0 Å². The van der Waals surface area contributed by atoms with Crippen LogP contribution in [0.3, 0.4) is 0 Å². The third-order valence-electron chi connectivity index (χ3n) is 2.39. The maximum Gasteiger partial charge on any atom is 0.261 e. The molecule has 19 heavy (non-hydrogen) atoms. The van der Waals surface area contributed by atoms with Crippen LogP contribution in [0.5, 0.6) is 11.5 Å². The van der Waals surface area contributed by atoms with Crippen molar-refractivity contribution in [2.24, 2.45) is 0 Å². The van der Waals surface area contributed by atoms with Gasteiger partial charge >= 0.3 is 0 Å². The van der Waals surface area contributed by atoms with Crippen LogP contribution < -0.4 is 20.5 Å². The molecule has 0 bridgehead atoms. The Bertz CT molecular complexity index is 452. The van der Waals surface area contributed by atoms with Gasteiger partial charge in [0.25, 0.3) is 5.91 Å². The molecule has 106 valence electrons. The second-order valence-electron chi connectivity index (χ2n) is 5.40. The first-order valence-corrected chi connectivity index (χ1v) is 6.15. The average molecular weight is 266 g/mol. The number of rotatable bonds is 4. The minimum Gasteiger partial charge on any atom is -0.497 e. The number of nitrogens with two attached hydrogens (primary N) is 1. The van der Waals surface area contributed by atoms with Crippen LogP contribution in [0.25, 0.3) is 0 Å². The predicted octanol–water partition coefficient (Wildman–Crippen LogP) is 1.96. The zero-order valence-electron chi connectivity index (χ0n) is 12.1. The first-order valence-electron chi connectivity index (χ1n) is 6.15. The smallest absolute Gasteiger partial charge is 0.261 e. The summed E-state index contributed by atoms with van der Waals surface area (Å²) in [7, 11) is 1.56. The van der Waals surface area contributed by atoms with Gasteiger partial charge in [-0.15, -0.1) is 0 Å². The highest BCUT2D eigenvalue weighted by Crippen LogP contribution is 2.27. The highest BCUT2D eigenvalue weighted by molar-refractivity contribution is 5.81. The molecule has 1 amide bonds. The Hall–Kier alpha value is -1.91. The van der Waals surface area contributed by atoms with E-state index >= 15 is 0 Å². The van der Waals surface area contributed by atoms with Gasteiger partial charge in [0.15, 0.2) is 6.10 Å². The van der Waals surface area contributed by atoms with Crippen LogP contribution >= 0.6 is 0 Å². The van der Waals surface area contributed by atoms with Crippen LogP contribution in [0.1, 0.15) is 27.7 Å². The number of carbonyl (C=O) groups is 1. The van der Waals surface area contributed by atoms with E-state index in [1.54, 1.807) is 32.2 Å². The number of nitrogens with one attached hydrogen (secondary N) is 1. The van der Waals surface area contributed by atoms with Gasteiger partial charge in [-0.2, -0.15) is 0 Å². The van der Waals surface area contributed by atoms with Crippen molar-refractivity contribution in [2.75, 3.05) is 12.8 Å². The van der Waals surface area contributed by atoms with Gasteiger partial charge in [0.1, 0.15) is 11.5 Å². The number of carbonyl (C=O) groups excluding carboxylic acids is 1. The summed E-state index contributed by atoms with van der Waals surface area (Å²) in [5.41, 5.74) is 5.98. The van der Waals surface area contributed by atoms with Crippen LogP contribution in [0.2, 0.25) is 0 Å². The van der Waals surface area contributed by atoms with Gasteiger partial charge in [-0.25, -0.2) is 0 Å². The van der Waals surface area contributed by atoms with Gasteiger partial charge in [-0.3, -0.25) is 4.79 Å². The molecule has 0 spiro atoms. The summed E-state index contributed by atoms with van der Waals surface area (Å²) in [6.45, 7) is 7.42. The quantitative estimate of drug-likeness (QED) is 0.817. The van der Waals surface area contributed by atoms with E-state index in [1.807, 2.05) is 20.8 Å². The molecular formula is C14H22N2O3. The number of anilines is 1. The van der Waals surface area contributed by atoms with Crippen molar-refractivity contribution in [3.8, 4) is 11.5 Å². The molecule has 1 aromatic carbocycles. The molecule has 0 heterocycles. The first-order chi connectivity index (χ1) is 8.73. The van der Waals surface area contributed by atoms with Crippen LogP contribution in [0.15, 0.2) is 18.2 Å². The van der Waals surface area contributed by atoms with Crippen molar-refractivity contribution in [2.45, 2.75) is 39.3 Å². The molecule has 0 saturated carbocycles. The van der Waals surface area contributed by atoms with Crippen molar-refractivity contribution in [1.82, 2.24) is 5.32 Å². The van der Waals surface area contributed by atoms with Gasteiger partial charge in [-0.1, -0.05) is 0 Å². The molecule has 1 unspecified atom stereocenters. The van der Waals surface area contributed by atoms with Crippen LogP contribution in [0.4, 0.5) is 5.69 Å². The normalized spacial score (nSPS) is 12.7. The summed E-state index contributed by atoms with van der Waals surface area (Å²) in [6, 6.07) is 5.08. The number of amides is 1. The van der Waals surface area contributed by atoms with Crippen LogP contribution in [-0.2, 0) is 4.79 Å². The Labute approximate surface area is 114 Å². The minimum absolute atomic E-state index is 0.185. The van der Waals surface area contributed by atoms with Gasteiger partial charge in [-0.05, 0) is 39.8 Å². The van der Waals surface area contributed by atoms with E-state index in [-0.39, 0.29) is 11.4 Å². The fourth-order valence-corrected chi connectivity index (χ4v) is 1.46. The number of benzene rings is 1. The lowest BCUT2D eigenvalue weighted by molar-refractivity contribution is -0.128. The van der Waals surface area contributed by atoms with Crippen molar-refractivity contribution < 1.29 is 14.3 Å². The third kappa shape index (κ3) is 4.69. The fourth-order valence-electron chi connectivity index (χ4n) is 1.46. The Kier molecular flexibility index (Phi) is 4.64. The molecule has 5 nitrogen and oxygen atoms in total. The molecule has 0 fully saturated rings. The van der Waals surface area contributed by atoms with Crippen LogP contribution in [-0.4, -0.2) is 24.7 Å². The Morgan fingerprint density at radius 3 is 2.53 bits per heavy atom. The molecule has 0 aromatic heterocycles. The van der Waals surface area contributed by atoms with Crippen molar-refractivity contribution in [1.29, 1.82) is 0 Å². The molecule has 0 saturated heterocycles. The second-order valence-corrected chi connectivity index (χ2v) is 5.40. The molecule has 1 atom stereocenters. The molecule has 3 N–H and O–H groups in total. The monoisotopic (exact) mass is 266 g/mol. The van der Waals surface area contributed by atoms with Gasteiger partial charge < -0.3 is 20.5 Å². The Morgan fingerprint density at radius 2 is 2.00 bits per heavy atom. The number of ether oxygens (including phenoxy) is 2. The summed E-state index contributed by atoms with van der Waals surface area (Å²) >= 11 is 0. The molecule has 0 radical (unpaired) electrons. The SMILES string of the molecule is COc1ccc(N)c(OC(C)C(=O)NC(C)(C)C)c1. The summed E-state index contributed by atoms with van der Waals surface area (Å²) in [5.74, 6) is 0.887. The minimum atomic E-state index is -0.631. The van der Waals surface area contributed by atoms with E-state index in [4.69, 9.17) is 15.2 Å². The molecule has 5 heteroatoms. The molecule has 0 aliphatic carbocycles. The third-order valence-corrected chi connectivity index (χ3v) is 2.39. The maximum absolute atomic E-state index is 11.9. The van der Waals surface area contributed by atoms with E-state index in [1.165, 1.54) is 0 Å². The standard InChI is InChI=1S/C14H22N2O3/c1-9(13(17)16-14(2,3)4)19-12-8-10(18-5)6-7-11(12)15/h6-9H,15H2,1-5H3,(H,16,17). The molecular weight excluding hydrogens is 244 g/mol. The topological polar surface area (TPSA) is 73.6 Å². The summed E-state index contributed by atoms with van der Waals surface area (Å²) in [5, 5.41) is 2.85. The summed E-state index contributed by atoms with van der Waals surface area (Å²) in [6.07, 6.45) is -0.631. The molecule has 0 aliphatic rings. The number of hydrogen-bond acceptors (Lipinski definition) is 4. The highest BCUT2D eigenvalue weighted by atomic mass is 16.5. The van der Waals surface area contributed by atoms with E-state index in [9.17, 15) is 4.79 Å². The lowest BCUT2D eigenvalue weighted by Gasteiger charge is -2.24. The van der Waals surface area contributed by atoms with Crippen molar-refractivity contribution in [3.05, 3.63) is 18.2 Å². The predicted molar refractivity (Wildman–Crippen MR) is 75.4 cm³/mol. The Balaban J connectivity index is 2.76. The number of methoxy groups -OCH3 is 1. The molecule has 1 rings (SSSR count). The lowest BCUT2D eigenvalue weighted by Crippen LogP contribution is -2.46. The molecule has 0 aliphatic heterocycles. The van der Waals surface area contributed by atoms with E-state index in [0.29, 0.717) is 17.2 Å². The average Bonchev–Trinajstić information content (AvgIpc) is 2.29. The lowest BCUT2D eigenvalue weighted by atomic mass is 10.1. The zero-order chi connectivity index (χ0) is 14.6. The van der Waals surface area contributed by atoms with E-state index in [0.717, 1.165) is 0 Å². The van der Waals surface area contributed by atoms with Crippen LogP contribution in [0, 0.1) is 0 Å². The number of nitrogen functional groups attached to an aromatic ring is 1. The van der Waals surface area contributed by atoms with E-state index in [2.05, 4.69) is 5.32 Å². The first kappa shape index (κ1) is 15.1. The zero-order valence-corrected chi connectivity index (χ0v) is 12.1. The van der Waals surface area contributed by atoms with Gasteiger partial charge in [0, 0.05) is 11.6 Å².